The maximum absolute atomic E-state index is 16.2. The Morgan fingerprint density at radius 2 is 1.84 bits per heavy atom. The summed E-state index contributed by atoms with van der Waals surface area (Å²) in [6, 6.07) is 17.6. The lowest BCUT2D eigenvalue weighted by Gasteiger charge is -2.39. The van der Waals surface area contributed by atoms with E-state index in [0.29, 0.717) is 23.5 Å². The number of rotatable bonds is 11. The largest absolute Gasteiger partial charge is 0.494 e. The number of esters is 1. The Morgan fingerprint density at radius 3 is 2.54 bits per heavy atom. The highest BCUT2D eigenvalue weighted by atomic mass is 35.5. The molecule has 3 aromatic carbocycles. The van der Waals surface area contributed by atoms with Gasteiger partial charge >= 0.3 is 5.97 Å². The van der Waals surface area contributed by atoms with Crippen molar-refractivity contribution in [1.82, 2.24) is 9.88 Å². The molecule has 11 nitrogen and oxygen atoms in total. The van der Waals surface area contributed by atoms with Gasteiger partial charge < -0.3 is 19.9 Å². The molecule has 0 saturated carbocycles. The third kappa shape index (κ3) is 6.17. The molecule has 1 amide bonds. The van der Waals surface area contributed by atoms with E-state index in [-0.39, 0.29) is 52.3 Å². The number of hydrogen-bond acceptors (Lipinski definition) is 9. The minimum Gasteiger partial charge on any atom is -0.494 e. The molecule has 0 aliphatic carbocycles. The van der Waals surface area contributed by atoms with Crippen molar-refractivity contribution < 1.29 is 33.5 Å². The fraction of sp³-hybridized carbons (Fsp3) is 0.306. The number of halogens is 3. The van der Waals surface area contributed by atoms with Crippen LogP contribution >= 0.6 is 23.2 Å². The van der Waals surface area contributed by atoms with E-state index >= 15 is 4.39 Å². The molecule has 1 aromatic heterocycles. The molecule has 260 valence electrons. The van der Waals surface area contributed by atoms with Gasteiger partial charge in [-0.05, 0) is 73.9 Å². The SMILES string of the molecule is CCOC(=O)c1ccc([C@@H](O)C[C@H]2[C@@H]([N+](=O)[O-])[C@H](c3cccc(Cl)c3F)[C@]3(C(=O)Nc4nc(Cl)ccc43)N2Cc2cccc(OCC)c2)cc1. The van der Waals surface area contributed by atoms with Gasteiger partial charge in [0, 0.05) is 22.6 Å². The van der Waals surface area contributed by atoms with Gasteiger partial charge in [-0.15, -0.1) is 0 Å². The molecule has 0 bridgehead atoms. The van der Waals surface area contributed by atoms with Gasteiger partial charge in [-0.3, -0.25) is 19.8 Å². The predicted octanol–water partition coefficient (Wildman–Crippen LogP) is 6.69. The number of fused-ring (bicyclic) bond motifs is 2. The molecule has 2 aliphatic rings. The summed E-state index contributed by atoms with van der Waals surface area (Å²) in [5, 5.41) is 27.6. The predicted molar refractivity (Wildman–Crippen MR) is 183 cm³/mol. The van der Waals surface area contributed by atoms with E-state index in [4.69, 9.17) is 32.7 Å². The third-order valence-corrected chi connectivity index (χ3v) is 9.79. The first-order valence-electron chi connectivity index (χ1n) is 16.0. The van der Waals surface area contributed by atoms with Gasteiger partial charge in [-0.2, -0.15) is 0 Å². The highest BCUT2D eigenvalue weighted by Crippen LogP contribution is 2.59. The second-order valence-electron chi connectivity index (χ2n) is 12.0. The smallest absolute Gasteiger partial charge is 0.338 e. The number of nitrogens with one attached hydrogen (secondary N) is 1. The van der Waals surface area contributed by atoms with Crippen LogP contribution in [0.2, 0.25) is 10.2 Å². The van der Waals surface area contributed by atoms with Crippen LogP contribution in [-0.4, -0.2) is 57.1 Å². The Bertz CT molecular complexity index is 1950. The Morgan fingerprint density at radius 1 is 1.10 bits per heavy atom. The number of aliphatic hydroxyl groups is 1. The van der Waals surface area contributed by atoms with Crippen molar-refractivity contribution in [2.45, 2.75) is 56.5 Å². The molecule has 1 spiro atoms. The molecule has 0 unspecified atom stereocenters. The van der Waals surface area contributed by atoms with Crippen molar-refractivity contribution >= 4 is 40.9 Å². The van der Waals surface area contributed by atoms with Crippen LogP contribution < -0.4 is 10.1 Å². The number of carbonyl (C=O) groups is 2. The Hall–Kier alpha value is -4.62. The fourth-order valence-electron chi connectivity index (χ4n) is 7.31. The zero-order valence-corrected chi connectivity index (χ0v) is 28.5. The minimum atomic E-state index is -1.91. The first-order valence-corrected chi connectivity index (χ1v) is 16.8. The summed E-state index contributed by atoms with van der Waals surface area (Å²) in [6.07, 6.45) is -1.55. The number of anilines is 1. The van der Waals surface area contributed by atoms with E-state index < -0.39 is 52.3 Å². The second-order valence-corrected chi connectivity index (χ2v) is 12.8. The van der Waals surface area contributed by atoms with E-state index in [1.807, 2.05) is 6.92 Å². The van der Waals surface area contributed by atoms with Gasteiger partial charge in [-0.25, -0.2) is 14.2 Å². The highest BCUT2D eigenvalue weighted by molar-refractivity contribution is 6.31. The number of nitrogens with zero attached hydrogens (tertiary/aromatic N) is 3. The number of carbonyl (C=O) groups excluding carboxylic acids is 2. The Balaban J connectivity index is 1.56. The molecule has 5 atom stereocenters. The topological polar surface area (TPSA) is 144 Å². The normalized spacial score (nSPS) is 21.9. The summed E-state index contributed by atoms with van der Waals surface area (Å²) in [7, 11) is 0. The Kier molecular flexibility index (Phi) is 10.1. The summed E-state index contributed by atoms with van der Waals surface area (Å²) in [4.78, 5) is 45.6. The molecular weight excluding hydrogens is 690 g/mol. The summed E-state index contributed by atoms with van der Waals surface area (Å²) in [6.45, 7) is 4.06. The molecule has 6 rings (SSSR count). The summed E-state index contributed by atoms with van der Waals surface area (Å²) < 4.78 is 26.9. The van der Waals surface area contributed by atoms with E-state index in [1.165, 1.54) is 48.5 Å². The molecule has 0 radical (unpaired) electrons. The maximum Gasteiger partial charge on any atom is 0.338 e. The monoisotopic (exact) mass is 722 g/mol. The first-order chi connectivity index (χ1) is 24.0. The standard InChI is InChI=1S/C36H33Cl2FN4O7/c1-3-49-23-8-5-7-20(17-23)19-42-27(18-28(44)21-11-13-22(14-12-21)34(45)50-4-2)32(43(47)48)30(24-9-6-10-26(37)31(24)39)36(42)25-15-16-29(38)40-33(25)41-35(36)46/h5-17,27-28,30,32,44H,3-4,18-19H2,1-2H3,(H,40,41,46)/t27-,28-,30-,32+,36+/m0/s1. The molecule has 2 aliphatic heterocycles. The number of hydrogen-bond donors (Lipinski definition) is 2. The van der Waals surface area contributed by atoms with Crippen LogP contribution in [0.25, 0.3) is 0 Å². The molecule has 14 heteroatoms. The number of nitro groups is 1. The van der Waals surface area contributed by atoms with Crippen molar-refractivity contribution in [3.63, 3.8) is 0 Å². The second kappa shape index (κ2) is 14.3. The zero-order valence-electron chi connectivity index (χ0n) is 27.0. The highest BCUT2D eigenvalue weighted by Gasteiger charge is 2.71. The lowest BCUT2D eigenvalue weighted by Crippen LogP contribution is -2.51. The van der Waals surface area contributed by atoms with Gasteiger partial charge in [0.1, 0.15) is 28.1 Å². The lowest BCUT2D eigenvalue weighted by atomic mass is 9.73. The molecule has 50 heavy (non-hydrogen) atoms. The van der Waals surface area contributed by atoms with Crippen molar-refractivity contribution in [3.05, 3.63) is 133 Å². The van der Waals surface area contributed by atoms with Gasteiger partial charge in [0.2, 0.25) is 6.04 Å². The average molecular weight is 724 g/mol. The van der Waals surface area contributed by atoms with Crippen LogP contribution in [0.5, 0.6) is 5.75 Å². The van der Waals surface area contributed by atoms with Crippen LogP contribution in [-0.2, 0) is 21.6 Å². The van der Waals surface area contributed by atoms with Gasteiger partial charge in [0.15, 0.2) is 0 Å². The number of amides is 1. The summed E-state index contributed by atoms with van der Waals surface area (Å²) in [5.41, 5.74) is -0.499. The minimum absolute atomic E-state index is 0.0430. The van der Waals surface area contributed by atoms with Crippen molar-refractivity contribution in [3.8, 4) is 5.75 Å². The molecular formula is C36H33Cl2FN4O7. The van der Waals surface area contributed by atoms with Crippen molar-refractivity contribution in [2.24, 2.45) is 0 Å². The third-order valence-electron chi connectivity index (χ3n) is 9.28. The molecule has 1 fully saturated rings. The number of likely N-dealkylation sites (tertiary alicyclic amines) is 1. The first kappa shape index (κ1) is 35.2. The van der Waals surface area contributed by atoms with Crippen molar-refractivity contribution in [1.29, 1.82) is 0 Å². The van der Waals surface area contributed by atoms with Crippen LogP contribution in [0.1, 0.15) is 64.9 Å². The van der Waals surface area contributed by atoms with Crippen LogP contribution in [0.15, 0.2) is 78.9 Å². The van der Waals surface area contributed by atoms with Crippen molar-refractivity contribution in [2.75, 3.05) is 18.5 Å². The molecule has 4 aromatic rings. The zero-order chi connectivity index (χ0) is 35.7. The number of aliphatic hydroxyl groups excluding tert-OH is 1. The fourth-order valence-corrected chi connectivity index (χ4v) is 7.64. The van der Waals surface area contributed by atoms with Crippen LogP contribution in [0, 0.1) is 15.9 Å². The molecule has 1 saturated heterocycles. The van der Waals surface area contributed by atoms with E-state index in [9.17, 15) is 24.8 Å². The van der Waals surface area contributed by atoms with Gasteiger partial charge in [0.25, 0.3) is 5.91 Å². The number of pyridine rings is 1. The number of benzene rings is 3. The maximum atomic E-state index is 16.2. The number of ether oxygens (including phenoxy) is 2. The van der Waals surface area contributed by atoms with E-state index in [0.717, 1.165) is 0 Å². The van der Waals surface area contributed by atoms with Crippen LogP contribution in [0.3, 0.4) is 0 Å². The van der Waals surface area contributed by atoms with Gasteiger partial charge in [-0.1, -0.05) is 59.6 Å². The summed E-state index contributed by atoms with van der Waals surface area (Å²) >= 11 is 12.5. The average Bonchev–Trinajstić information content (AvgIpc) is 3.53. The molecule has 2 N–H and O–H groups in total. The van der Waals surface area contributed by atoms with E-state index in [1.54, 1.807) is 42.2 Å². The lowest BCUT2D eigenvalue weighted by molar-refractivity contribution is -0.528. The Labute approximate surface area is 297 Å². The quantitative estimate of drug-likeness (QED) is 0.0749. The van der Waals surface area contributed by atoms with E-state index in [2.05, 4.69) is 10.3 Å². The van der Waals surface area contributed by atoms with Crippen LogP contribution in [0.4, 0.5) is 10.2 Å². The summed E-state index contributed by atoms with van der Waals surface area (Å²) in [5.74, 6) is -2.92. The number of aromatic nitrogens is 1. The van der Waals surface area contributed by atoms with Gasteiger partial charge in [0.05, 0.1) is 41.9 Å². The molecule has 3 heterocycles.